The summed E-state index contributed by atoms with van der Waals surface area (Å²) in [6.45, 7) is 0.957. The molecule has 1 spiro atoms. The van der Waals surface area contributed by atoms with Crippen LogP contribution in [0.3, 0.4) is 0 Å². The summed E-state index contributed by atoms with van der Waals surface area (Å²) in [6, 6.07) is 10.3. The highest BCUT2D eigenvalue weighted by Crippen LogP contribution is 2.43. The van der Waals surface area contributed by atoms with Crippen molar-refractivity contribution in [3.8, 4) is 11.8 Å². The van der Waals surface area contributed by atoms with Crippen LogP contribution in [-0.4, -0.2) is 12.2 Å². The summed E-state index contributed by atoms with van der Waals surface area (Å²) in [5.74, 6) is 7.24. The van der Waals surface area contributed by atoms with Gasteiger partial charge in [-0.15, -0.1) is 0 Å². The van der Waals surface area contributed by atoms with Crippen LogP contribution in [0.4, 0.5) is 0 Å². The van der Waals surface area contributed by atoms with Gasteiger partial charge in [-0.25, -0.2) is 0 Å². The first-order valence-electron chi connectivity index (χ1n) is 6.57. The van der Waals surface area contributed by atoms with E-state index in [4.69, 9.17) is 4.74 Å². The highest BCUT2D eigenvalue weighted by Gasteiger charge is 2.41. The Morgan fingerprint density at radius 3 is 2.82 bits per heavy atom. The van der Waals surface area contributed by atoms with E-state index in [-0.39, 0.29) is 5.60 Å². The summed E-state index contributed by atoms with van der Waals surface area (Å²) in [5, 5.41) is 0. The van der Waals surface area contributed by atoms with Crippen LogP contribution in [0.15, 0.2) is 30.3 Å². The Bertz CT molecular complexity index is 432. The molecule has 0 N–H and O–H groups in total. The van der Waals surface area contributed by atoms with Crippen LogP contribution in [0.2, 0.25) is 0 Å². The lowest BCUT2D eigenvalue weighted by Gasteiger charge is -2.21. The fourth-order valence-corrected chi connectivity index (χ4v) is 3.03. The van der Waals surface area contributed by atoms with Gasteiger partial charge in [-0.1, -0.05) is 30.0 Å². The van der Waals surface area contributed by atoms with Crippen LogP contribution in [0.1, 0.15) is 37.7 Å². The van der Waals surface area contributed by atoms with Crippen LogP contribution in [0.5, 0.6) is 0 Å². The number of hydrogen-bond donors (Lipinski definition) is 0. The molecule has 88 valence electrons. The summed E-state index contributed by atoms with van der Waals surface area (Å²) >= 11 is 0. The van der Waals surface area contributed by atoms with E-state index in [0.717, 1.165) is 18.6 Å². The molecule has 1 aliphatic carbocycles. The lowest BCUT2D eigenvalue weighted by Crippen LogP contribution is -2.23. The molecule has 1 aromatic carbocycles. The molecule has 1 nitrogen and oxygen atoms in total. The maximum atomic E-state index is 5.92. The van der Waals surface area contributed by atoms with Gasteiger partial charge in [0.15, 0.2) is 0 Å². The molecule has 0 bridgehead atoms. The minimum atomic E-state index is 0.204. The average molecular weight is 226 g/mol. The van der Waals surface area contributed by atoms with Gasteiger partial charge in [0.05, 0.1) is 5.60 Å². The van der Waals surface area contributed by atoms with E-state index >= 15 is 0 Å². The Labute approximate surface area is 103 Å². The van der Waals surface area contributed by atoms with Gasteiger partial charge in [0, 0.05) is 18.1 Å². The topological polar surface area (TPSA) is 9.23 Å². The van der Waals surface area contributed by atoms with Crippen LogP contribution >= 0.6 is 0 Å². The van der Waals surface area contributed by atoms with Crippen molar-refractivity contribution < 1.29 is 4.74 Å². The van der Waals surface area contributed by atoms with Crippen molar-refractivity contribution in [1.82, 2.24) is 0 Å². The van der Waals surface area contributed by atoms with Crippen molar-refractivity contribution in [2.45, 2.75) is 37.7 Å². The Kier molecular flexibility index (Phi) is 2.91. The minimum Gasteiger partial charge on any atom is -0.375 e. The van der Waals surface area contributed by atoms with E-state index in [9.17, 15) is 0 Å². The van der Waals surface area contributed by atoms with Crippen molar-refractivity contribution in [3.05, 3.63) is 35.9 Å². The molecule has 2 fully saturated rings. The molecule has 0 amide bonds. The van der Waals surface area contributed by atoms with Crippen LogP contribution < -0.4 is 0 Å². The fraction of sp³-hybridized carbons (Fsp3) is 0.500. The summed E-state index contributed by atoms with van der Waals surface area (Å²) in [6.07, 6.45) is 6.04. The zero-order valence-electron chi connectivity index (χ0n) is 10.1. The van der Waals surface area contributed by atoms with Gasteiger partial charge in [-0.2, -0.15) is 0 Å². The molecule has 0 aromatic heterocycles. The van der Waals surface area contributed by atoms with Crippen LogP contribution in [-0.2, 0) is 4.74 Å². The molecule has 0 unspecified atom stereocenters. The van der Waals surface area contributed by atoms with Gasteiger partial charge in [-0.3, -0.25) is 0 Å². The van der Waals surface area contributed by atoms with Crippen LogP contribution in [0.25, 0.3) is 0 Å². The van der Waals surface area contributed by atoms with E-state index in [1.165, 1.54) is 25.7 Å². The van der Waals surface area contributed by atoms with Crippen molar-refractivity contribution in [2.24, 2.45) is 5.92 Å². The van der Waals surface area contributed by atoms with Gasteiger partial charge in [-0.05, 0) is 44.2 Å². The zero-order valence-corrected chi connectivity index (χ0v) is 10.1. The van der Waals surface area contributed by atoms with Gasteiger partial charge < -0.3 is 4.74 Å². The predicted molar refractivity (Wildman–Crippen MR) is 68.6 cm³/mol. The second-order valence-electron chi connectivity index (χ2n) is 5.21. The second kappa shape index (κ2) is 4.55. The first kappa shape index (κ1) is 10.9. The monoisotopic (exact) mass is 226 g/mol. The molecule has 17 heavy (non-hydrogen) atoms. The number of benzene rings is 1. The standard InChI is InChI=1S/C16H18O/c1-2-5-14(6-3-1)7-8-15-9-11-16(13-15)10-4-12-17-16/h1-3,5-6,15H,4,9-13H2/t15-,16+/m0/s1. The molecule has 1 saturated carbocycles. The Morgan fingerprint density at radius 1 is 1.18 bits per heavy atom. The molecule has 1 heterocycles. The van der Waals surface area contributed by atoms with Crippen molar-refractivity contribution >= 4 is 0 Å². The summed E-state index contributed by atoms with van der Waals surface area (Å²) < 4.78 is 5.92. The highest BCUT2D eigenvalue weighted by molar-refractivity contribution is 5.34. The largest absolute Gasteiger partial charge is 0.375 e. The quantitative estimate of drug-likeness (QED) is 0.616. The smallest absolute Gasteiger partial charge is 0.0695 e. The van der Waals surface area contributed by atoms with Gasteiger partial charge in [0.1, 0.15) is 0 Å². The fourth-order valence-electron chi connectivity index (χ4n) is 3.03. The van der Waals surface area contributed by atoms with Gasteiger partial charge >= 0.3 is 0 Å². The van der Waals surface area contributed by atoms with E-state index in [0.29, 0.717) is 5.92 Å². The third kappa shape index (κ3) is 2.37. The highest BCUT2D eigenvalue weighted by atomic mass is 16.5. The van der Waals surface area contributed by atoms with Gasteiger partial charge in [0.25, 0.3) is 0 Å². The number of rotatable bonds is 0. The molecule has 1 aliphatic heterocycles. The van der Waals surface area contributed by atoms with Crippen molar-refractivity contribution in [1.29, 1.82) is 0 Å². The third-order valence-electron chi connectivity index (χ3n) is 3.95. The molecule has 3 rings (SSSR count). The van der Waals surface area contributed by atoms with Crippen molar-refractivity contribution in [3.63, 3.8) is 0 Å². The summed E-state index contributed by atoms with van der Waals surface area (Å²) in [4.78, 5) is 0. The van der Waals surface area contributed by atoms with Gasteiger partial charge in [0.2, 0.25) is 0 Å². The lowest BCUT2D eigenvalue weighted by molar-refractivity contribution is 0.00876. The Morgan fingerprint density at radius 2 is 2.06 bits per heavy atom. The molecular formula is C16H18O. The normalized spacial score (nSPS) is 31.4. The lowest BCUT2D eigenvalue weighted by atomic mass is 9.97. The summed E-state index contributed by atoms with van der Waals surface area (Å²) in [7, 11) is 0. The maximum absolute atomic E-state index is 5.92. The molecule has 2 aliphatic rings. The number of ether oxygens (including phenoxy) is 1. The molecule has 1 saturated heterocycles. The second-order valence-corrected chi connectivity index (χ2v) is 5.21. The maximum Gasteiger partial charge on any atom is 0.0695 e. The zero-order chi connectivity index (χ0) is 11.6. The Hall–Kier alpha value is -1.26. The predicted octanol–water partition coefficient (Wildman–Crippen LogP) is 3.39. The van der Waals surface area contributed by atoms with E-state index < -0.39 is 0 Å². The Balaban J connectivity index is 1.66. The third-order valence-corrected chi connectivity index (χ3v) is 3.95. The van der Waals surface area contributed by atoms with E-state index in [1.807, 2.05) is 18.2 Å². The van der Waals surface area contributed by atoms with Crippen LogP contribution in [0, 0.1) is 17.8 Å². The number of hydrogen-bond acceptors (Lipinski definition) is 1. The molecule has 0 radical (unpaired) electrons. The van der Waals surface area contributed by atoms with Crippen molar-refractivity contribution in [2.75, 3.05) is 6.61 Å². The molecule has 2 atom stereocenters. The average Bonchev–Trinajstić information content (AvgIpc) is 2.99. The first-order chi connectivity index (χ1) is 8.36. The molecule has 1 aromatic rings. The molecule has 1 heteroatoms. The van der Waals surface area contributed by atoms with E-state index in [1.54, 1.807) is 0 Å². The summed E-state index contributed by atoms with van der Waals surface area (Å²) in [5.41, 5.74) is 1.33. The molecular weight excluding hydrogens is 208 g/mol. The minimum absolute atomic E-state index is 0.204. The SMILES string of the molecule is C(#C[C@H]1CC[C@]2(CCCO2)C1)c1ccccc1. The van der Waals surface area contributed by atoms with E-state index in [2.05, 4.69) is 24.0 Å². The first-order valence-corrected chi connectivity index (χ1v) is 6.57.